The summed E-state index contributed by atoms with van der Waals surface area (Å²) in [5.41, 5.74) is 1.83. The molecule has 0 saturated carbocycles. The predicted octanol–water partition coefficient (Wildman–Crippen LogP) is 0.311. The average molecular weight is 381 g/mol. The Morgan fingerprint density at radius 1 is 1.08 bits per heavy atom. The molecule has 1 fully saturated rings. The van der Waals surface area contributed by atoms with Crippen LogP contribution in [-0.2, 0) is 11.3 Å². The summed E-state index contributed by atoms with van der Waals surface area (Å²) in [6, 6.07) is 11.5. The molecule has 1 aromatic carbocycles. The van der Waals surface area contributed by atoms with Crippen molar-refractivity contribution >= 4 is 34.8 Å². The summed E-state index contributed by atoms with van der Waals surface area (Å²) >= 11 is 12.0. The van der Waals surface area contributed by atoms with Crippen molar-refractivity contribution in [3.63, 3.8) is 0 Å². The SMILES string of the molecule is O=C(C[NH+]1CC[NH+](Cc2cccc(Cl)c2)CC1)Nc1cccnc1Cl. The maximum atomic E-state index is 12.2. The van der Waals surface area contributed by atoms with Crippen LogP contribution < -0.4 is 15.1 Å². The predicted molar refractivity (Wildman–Crippen MR) is 99.3 cm³/mol. The number of amides is 1. The maximum absolute atomic E-state index is 12.2. The number of aromatic nitrogens is 1. The third-order valence-corrected chi connectivity index (χ3v) is 4.99. The van der Waals surface area contributed by atoms with Crippen LogP contribution in [-0.4, -0.2) is 43.6 Å². The van der Waals surface area contributed by atoms with Gasteiger partial charge in [-0.15, -0.1) is 0 Å². The van der Waals surface area contributed by atoms with Gasteiger partial charge in [-0.25, -0.2) is 4.98 Å². The zero-order chi connectivity index (χ0) is 17.6. The fourth-order valence-corrected chi connectivity index (χ4v) is 3.53. The van der Waals surface area contributed by atoms with Gasteiger partial charge >= 0.3 is 0 Å². The number of benzene rings is 1. The molecule has 0 aliphatic carbocycles. The molecule has 0 spiro atoms. The van der Waals surface area contributed by atoms with Gasteiger partial charge in [0, 0.05) is 16.8 Å². The average Bonchev–Trinajstić information content (AvgIpc) is 2.59. The number of carbonyl (C=O) groups excluding carboxylic acids is 1. The third kappa shape index (κ3) is 5.41. The van der Waals surface area contributed by atoms with Crippen molar-refractivity contribution in [1.29, 1.82) is 0 Å². The molecule has 0 unspecified atom stereocenters. The molecule has 132 valence electrons. The Balaban J connectivity index is 1.44. The second-order valence-electron chi connectivity index (χ2n) is 6.37. The van der Waals surface area contributed by atoms with Gasteiger partial charge in [0.15, 0.2) is 11.7 Å². The highest BCUT2D eigenvalue weighted by Gasteiger charge is 2.25. The van der Waals surface area contributed by atoms with E-state index in [9.17, 15) is 4.79 Å². The van der Waals surface area contributed by atoms with Crippen LogP contribution in [0.3, 0.4) is 0 Å². The number of nitrogens with zero attached hydrogens (tertiary/aromatic N) is 1. The minimum Gasteiger partial charge on any atom is -0.322 e. The highest BCUT2D eigenvalue weighted by Crippen LogP contribution is 2.16. The molecule has 1 aromatic heterocycles. The first-order valence-electron chi connectivity index (χ1n) is 8.42. The third-order valence-electron chi connectivity index (χ3n) is 4.45. The van der Waals surface area contributed by atoms with Crippen LogP contribution in [0.2, 0.25) is 10.2 Å². The Bertz CT molecular complexity index is 733. The van der Waals surface area contributed by atoms with Gasteiger partial charge in [0.25, 0.3) is 5.91 Å². The fourth-order valence-electron chi connectivity index (χ4n) is 3.15. The van der Waals surface area contributed by atoms with Crippen LogP contribution in [0.15, 0.2) is 42.6 Å². The van der Waals surface area contributed by atoms with Crippen molar-refractivity contribution in [3.8, 4) is 0 Å². The van der Waals surface area contributed by atoms with Gasteiger partial charge in [0.05, 0.1) is 5.69 Å². The molecule has 0 radical (unpaired) electrons. The van der Waals surface area contributed by atoms with Gasteiger partial charge < -0.3 is 15.1 Å². The molecular weight excluding hydrogens is 359 g/mol. The van der Waals surface area contributed by atoms with Crippen LogP contribution >= 0.6 is 23.2 Å². The number of carbonyl (C=O) groups is 1. The van der Waals surface area contributed by atoms with E-state index in [0.717, 1.165) is 37.7 Å². The van der Waals surface area contributed by atoms with E-state index in [0.29, 0.717) is 17.4 Å². The van der Waals surface area contributed by atoms with Crippen LogP contribution in [0.4, 0.5) is 5.69 Å². The zero-order valence-electron chi connectivity index (χ0n) is 13.9. The molecule has 25 heavy (non-hydrogen) atoms. The van der Waals surface area contributed by atoms with Crippen molar-refractivity contribution in [3.05, 3.63) is 58.3 Å². The standard InChI is InChI=1S/C18H20Cl2N4O/c19-15-4-1-3-14(11-15)12-23-7-9-24(10-8-23)13-17(25)22-16-5-2-6-21-18(16)20/h1-6,11H,7-10,12-13H2,(H,22,25)/p+2. The smallest absolute Gasteiger partial charge is 0.279 e. The minimum absolute atomic E-state index is 0.0248. The van der Waals surface area contributed by atoms with Gasteiger partial charge in [0.2, 0.25) is 0 Å². The molecular formula is C18H22Cl2N4O+2. The van der Waals surface area contributed by atoms with E-state index in [1.54, 1.807) is 18.3 Å². The minimum atomic E-state index is -0.0248. The summed E-state index contributed by atoms with van der Waals surface area (Å²) in [4.78, 5) is 19.0. The lowest BCUT2D eigenvalue weighted by Gasteiger charge is -2.29. The molecule has 1 aliphatic rings. The van der Waals surface area contributed by atoms with Crippen LogP contribution in [0.5, 0.6) is 0 Å². The summed E-state index contributed by atoms with van der Waals surface area (Å²) in [5, 5.41) is 3.94. The molecule has 3 rings (SSSR count). The van der Waals surface area contributed by atoms with E-state index in [2.05, 4.69) is 16.4 Å². The first kappa shape index (κ1) is 18.1. The van der Waals surface area contributed by atoms with Crippen molar-refractivity contribution in [2.45, 2.75) is 6.54 Å². The van der Waals surface area contributed by atoms with Crippen molar-refractivity contribution < 1.29 is 14.6 Å². The van der Waals surface area contributed by atoms with Gasteiger partial charge in [-0.2, -0.15) is 0 Å². The van der Waals surface area contributed by atoms with Gasteiger partial charge in [-0.3, -0.25) is 4.79 Å². The highest BCUT2D eigenvalue weighted by molar-refractivity contribution is 6.32. The number of hydrogen-bond donors (Lipinski definition) is 3. The number of quaternary nitrogens is 2. The molecule has 1 saturated heterocycles. The lowest BCUT2D eigenvalue weighted by molar-refractivity contribution is -1.02. The number of nitrogens with one attached hydrogen (secondary N) is 3. The molecule has 0 atom stereocenters. The molecule has 5 nitrogen and oxygen atoms in total. The quantitative estimate of drug-likeness (QED) is 0.654. The highest BCUT2D eigenvalue weighted by atomic mass is 35.5. The number of halogens is 2. The number of anilines is 1. The monoisotopic (exact) mass is 380 g/mol. The summed E-state index contributed by atoms with van der Waals surface area (Å²) < 4.78 is 0. The molecule has 1 amide bonds. The Hall–Kier alpha value is -1.66. The van der Waals surface area contributed by atoms with E-state index in [-0.39, 0.29) is 5.91 Å². The lowest BCUT2D eigenvalue weighted by atomic mass is 10.2. The lowest BCUT2D eigenvalue weighted by Crippen LogP contribution is -3.28. The topological polar surface area (TPSA) is 50.9 Å². The normalized spacial score (nSPS) is 20.2. The Kier molecular flexibility index (Phi) is 6.26. The van der Waals surface area contributed by atoms with E-state index in [1.165, 1.54) is 15.4 Å². The maximum Gasteiger partial charge on any atom is 0.279 e. The number of pyridine rings is 1. The fraction of sp³-hybridized carbons (Fsp3) is 0.333. The second kappa shape index (κ2) is 8.63. The van der Waals surface area contributed by atoms with Gasteiger partial charge in [-0.1, -0.05) is 35.3 Å². The van der Waals surface area contributed by atoms with Crippen molar-refractivity contribution in [2.24, 2.45) is 0 Å². The van der Waals surface area contributed by atoms with Crippen molar-refractivity contribution in [1.82, 2.24) is 4.98 Å². The van der Waals surface area contributed by atoms with E-state index in [1.807, 2.05) is 18.2 Å². The Labute approximate surface area is 157 Å². The second-order valence-corrected chi connectivity index (χ2v) is 7.17. The van der Waals surface area contributed by atoms with E-state index >= 15 is 0 Å². The zero-order valence-corrected chi connectivity index (χ0v) is 15.4. The summed E-state index contributed by atoms with van der Waals surface area (Å²) in [7, 11) is 0. The molecule has 0 bridgehead atoms. The Morgan fingerprint density at radius 3 is 2.56 bits per heavy atom. The molecule has 7 heteroatoms. The number of rotatable bonds is 5. The van der Waals surface area contributed by atoms with Crippen LogP contribution in [0.25, 0.3) is 0 Å². The molecule has 3 N–H and O–H groups in total. The number of piperazine rings is 1. The van der Waals surface area contributed by atoms with Gasteiger partial charge in [0.1, 0.15) is 32.7 Å². The molecule has 2 heterocycles. The largest absolute Gasteiger partial charge is 0.322 e. The Morgan fingerprint density at radius 2 is 1.84 bits per heavy atom. The van der Waals surface area contributed by atoms with Crippen LogP contribution in [0, 0.1) is 0 Å². The summed E-state index contributed by atoms with van der Waals surface area (Å²) in [6.07, 6.45) is 1.60. The first-order chi connectivity index (χ1) is 12.1. The molecule has 2 aromatic rings. The summed E-state index contributed by atoms with van der Waals surface area (Å²) in [5.74, 6) is -0.0248. The van der Waals surface area contributed by atoms with E-state index in [4.69, 9.17) is 23.2 Å². The molecule has 1 aliphatic heterocycles. The van der Waals surface area contributed by atoms with E-state index < -0.39 is 0 Å². The number of hydrogen-bond acceptors (Lipinski definition) is 2. The first-order valence-corrected chi connectivity index (χ1v) is 9.17. The van der Waals surface area contributed by atoms with Crippen LogP contribution in [0.1, 0.15) is 5.56 Å². The summed E-state index contributed by atoms with van der Waals surface area (Å²) in [6.45, 7) is 5.47. The van der Waals surface area contributed by atoms with Gasteiger partial charge in [-0.05, 0) is 24.3 Å². The van der Waals surface area contributed by atoms with Crippen molar-refractivity contribution in [2.75, 3.05) is 38.0 Å².